The zero-order valence-corrected chi connectivity index (χ0v) is 23.8. The minimum absolute atomic E-state index is 0. The second-order valence-corrected chi connectivity index (χ2v) is 10.4. The molecule has 2 aromatic heterocycles. The Kier molecular flexibility index (Phi) is 14.2. The molecule has 2 aliphatic rings. The summed E-state index contributed by atoms with van der Waals surface area (Å²) in [5.74, 6) is 0.668. The van der Waals surface area contributed by atoms with Gasteiger partial charge in [-0.1, -0.05) is 23.2 Å². The average Bonchev–Trinajstić information content (AvgIpc) is 2.93. The second-order valence-electron chi connectivity index (χ2n) is 9.63. The number of piperidine rings is 2. The van der Waals surface area contributed by atoms with Gasteiger partial charge >= 0.3 is 7.05 Å². The molecule has 0 radical (unpaired) electrons. The van der Waals surface area contributed by atoms with Crippen molar-refractivity contribution in [2.45, 2.75) is 56.6 Å². The zero-order chi connectivity index (χ0) is 26.9. The van der Waals surface area contributed by atoms with Crippen molar-refractivity contribution >= 4 is 42.7 Å². The fourth-order valence-corrected chi connectivity index (χ4v) is 5.40. The molecular weight excluding hydrogens is 553 g/mol. The van der Waals surface area contributed by atoms with Crippen LogP contribution in [0.2, 0.25) is 16.9 Å². The van der Waals surface area contributed by atoms with Crippen molar-refractivity contribution in [1.29, 1.82) is 0 Å². The van der Waals surface area contributed by atoms with Gasteiger partial charge in [-0.25, -0.2) is 0 Å². The number of nitrogens with zero attached hydrogens (tertiary/aromatic N) is 3. The van der Waals surface area contributed by atoms with E-state index in [-0.39, 0.29) is 31.5 Å². The number of halogens is 3. The Morgan fingerprint density at radius 2 is 1.32 bits per heavy atom. The third-order valence-electron chi connectivity index (χ3n) is 7.07. The monoisotopic (exact) mass is 590 g/mol. The average molecular weight is 592 g/mol. The van der Waals surface area contributed by atoms with Crippen LogP contribution in [0.4, 0.5) is 0 Å². The molecule has 9 nitrogen and oxygen atoms in total. The van der Waals surface area contributed by atoms with Crippen LogP contribution in [0.25, 0.3) is 0 Å². The summed E-state index contributed by atoms with van der Waals surface area (Å²) >= 11 is 12.4. The van der Waals surface area contributed by atoms with Gasteiger partial charge in [-0.3, -0.25) is 9.97 Å². The minimum Gasteiger partial charge on any atom is -0.437 e. The molecule has 2 saturated heterocycles. The van der Waals surface area contributed by atoms with Crippen molar-refractivity contribution in [2.75, 3.05) is 39.4 Å². The van der Waals surface area contributed by atoms with E-state index in [9.17, 15) is 15.2 Å². The van der Waals surface area contributed by atoms with Crippen LogP contribution in [0.1, 0.15) is 72.2 Å². The summed E-state index contributed by atoms with van der Waals surface area (Å²) in [5.41, 5.74) is 2.84. The van der Waals surface area contributed by atoms with E-state index in [2.05, 4.69) is 15.3 Å². The summed E-state index contributed by atoms with van der Waals surface area (Å²) in [5, 5.41) is 50.8. The molecule has 0 unspecified atom stereocenters. The Hall–Kier alpha value is -1.05. The van der Waals surface area contributed by atoms with E-state index in [0.29, 0.717) is 27.1 Å². The third-order valence-corrected chi connectivity index (χ3v) is 7.67. The molecule has 2 aromatic rings. The van der Waals surface area contributed by atoms with E-state index < -0.39 is 19.3 Å². The molecule has 0 aliphatic carbocycles. The van der Waals surface area contributed by atoms with Crippen LogP contribution in [0.3, 0.4) is 0 Å². The van der Waals surface area contributed by atoms with Crippen LogP contribution in [-0.2, 0) is 0 Å². The van der Waals surface area contributed by atoms with Gasteiger partial charge in [0.1, 0.15) is 12.2 Å². The summed E-state index contributed by atoms with van der Waals surface area (Å²) in [6.45, 7) is 4.74. The van der Waals surface area contributed by atoms with E-state index in [4.69, 9.17) is 33.4 Å². The maximum atomic E-state index is 9.57. The fraction of sp³-hybridized carbons (Fsp3) is 0.600. The number of aliphatic hydroxyl groups excluding tert-OH is 4. The highest BCUT2D eigenvalue weighted by atomic mass is 35.5. The van der Waals surface area contributed by atoms with Gasteiger partial charge in [0.15, 0.2) is 0 Å². The van der Waals surface area contributed by atoms with Gasteiger partial charge in [-0.05, 0) is 70.8 Å². The predicted octanol–water partition coefficient (Wildman–Crippen LogP) is 2.70. The standard InChI is InChI=1S/C13H20BClN2O3.C12H17ClN2O2.ClH/c1-14(20)17-4-2-9(3-5-17)13-11(15)6-10(7-16-13)12(19)8-18;13-10-5-9(11(17)7-16)6-15-12(10)8-1-3-14-4-2-8;/h6-7,9,12,18-20H,2-5,8H2,1H3;5-6,8,11,14,16-17H,1-4,7H2;1H/t12-;11-;/m11./s1. The quantitative estimate of drug-likeness (QED) is 0.268. The molecule has 0 aromatic carbocycles. The lowest BCUT2D eigenvalue weighted by Gasteiger charge is -2.32. The number of aliphatic hydroxyl groups is 4. The smallest absolute Gasteiger partial charge is 0.376 e. The lowest BCUT2D eigenvalue weighted by atomic mass is 9.80. The predicted molar refractivity (Wildman–Crippen MR) is 152 cm³/mol. The summed E-state index contributed by atoms with van der Waals surface area (Å²) in [7, 11) is -0.415. The van der Waals surface area contributed by atoms with E-state index in [1.165, 1.54) is 0 Å². The van der Waals surface area contributed by atoms with Gasteiger partial charge in [-0.15, -0.1) is 12.4 Å². The fourth-order valence-electron chi connectivity index (χ4n) is 4.74. The molecule has 0 bridgehead atoms. The van der Waals surface area contributed by atoms with Gasteiger partial charge in [0.25, 0.3) is 0 Å². The second kappa shape index (κ2) is 16.3. The summed E-state index contributed by atoms with van der Waals surface area (Å²) in [6.07, 6.45) is 5.21. The molecule has 2 aliphatic heterocycles. The Morgan fingerprint density at radius 3 is 1.68 bits per heavy atom. The third kappa shape index (κ3) is 8.99. The number of hydrogen-bond acceptors (Lipinski definition) is 9. The number of rotatable bonds is 7. The van der Waals surface area contributed by atoms with Gasteiger partial charge in [0.2, 0.25) is 0 Å². The maximum absolute atomic E-state index is 9.57. The van der Waals surface area contributed by atoms with Crippen LogP contribution in [0.5, 0.6) is 0 Å². The highest BCUT2D eigenvalue weighted by molar-refractivity contribution is 6.45. The Bertz CT molecular complexity index is 995. The van der Waals surface area contributed by atoms with E-state index in [1.54, 1.807) is 31.3 Å². The molecule has 0 amide bonds. The first-order chi connectivity index (χ1) is 17.7. The van der Waals surface area contributed by atoms with Crippen LogP contribution in [0.15, 0.2) is 24.5 Å². The van der Waals surface area contributed by atoms with Crippen LogP contribution in [-0.4, -0.2) is 86.7 Å². The largest absolute Gasteiger partial charge is 0.437 e. The summed E-state index contributed by atoms with van der Waals surface area (Å²) in [4.78, 5) is 10.7. The first-order valence-corrected chi connectivity index (χ1v) is 13.5. The van der Waals surface area contributed by atoms with E-state index in [1.807, 2.05) is 4.81 Å². The minimum atomic E-state index is -0.939. The van der Waals surface area contributed by atoms with Gasteiger partial charge in [0.05, 0.1) is 34.6 Å². The number of hydrogen-bond donors (Lipinski definition) is 6. The van der Waals surface area contributed by atoms with Gasteiger partial charge in [0, 0.05) is 35.4 Å². The van der Waals surface area contributed by atoms with Crippen molar-refractivity contribution in [3.8, 4) is 0 Å². The molecule has 2 fully saturated rings. The number of nitrogens with one attached hydrogen (secondary N) is 1. The summed E-state index contributed by atoms with van der Waals surface area (Å²) in [6, 6.07) is 3.37. The van der Waals surface area contributed by atoms with Crippen LogP contribution >= 0.6 is 35.6 Å². The normalized spacial score (nSPS) is 18.6. The first-order valence-electron chi connectivity index (χ1n) is 12.8. The van der Waals surface area contributed by atoms with Gasteiger partial charge in [-0.2, -0.15) is 0 Å². The molecular formula is C25H38BCl3N4O5. The van der Waals surface area contributed by atoms with Crippen molar-refractivity contribution in [3.05, 3.63) is 57.1 Å². The topological polar surface area (TPSA) is 142 Å². The van der Waals surface area contributed by atoms with Gasteiger partial charge < -0.3 is 35.6 Å². The van der Waals surface area contributed by atoms with Crippen molar-refractivity contribution in [3.63, 3.8) is 0 Å². The number of pyridine rings is 2. The molecule has 212 valence electrons. The highest BCUT2D eigenvalue weighted by Crippen LogP contribution is 2.33. The van der Waals surface area contributed by atoms with Crippen LogP contribution in [0, 0.1) is 0 Å². The Morgan fingerprint density at radius 1 is 0.895 bits per heavy atom. The van der Waals surface area contributed by atoms with E-state index >= 15 is 0 Å². The van der Waals surface area contributed by atoms with Crippen molar-refractivity contribution in [1.82, 2.24) is 20.1 Å². The molecule has 2 atom stereocenters. The van der Waals surface area contributed by atoms with Crippen LogP contribution < -0.4 is 5.32 Å². The lowest BCUT2D eigenvalue weighted by molar-refractivity contribution is 0.0953. The SMILES string of the molecule is CB(O)N1CCC(c2ncc([C@H](O)CO)cc2Cl)CC1.Cl.OC[C@@H](O)c1cnc(C2CCNCC2)c(Cl)c1. The number of aromatic nitrogens is 2. The van der Waals surface area contributed by atoms with Crippen molar-refractivity contribution in [2.24, 2.45) is 0 Å². The summed E-state index contributed by atoms with van der Waals surface area (Å²) < 4.78 is 0. The lowest BCUT2D eigenvalue weighted by Crippen LogP contribution is -2.42. The first kappa shape index (κ1) is 33.2. The van der Waals surface area contributed by atoms with Crippen molar-refractivity contribution < 1.29 is 25.5 Å². The molecule has 0 spiro atoms. The Labute approximate surface area is 240 Å². The maximum Gasteiger partial charge on any atom is 0.376 e. The molecule has 38 heavy (non-hydrogen) atoms. The highest BCUT2D eigenvalue weighted by Gasteiger charge is 2.27. The molecule has 0 saturated carbocycles. The zero-order valence-electron chi connectivity index (χ0n) is 21.5. The Balaban J connectivity index is 0.000000263. The molecule has 13 heteroatoms. The molecule has 4 heterocycles. The van der Waals surface area contributed by atoms with E-state index in [0.717, 1.165) is 63.3 Å². The molecule has 4 rings (SSSR count). The molecule has 6 N–H and O–H groups in total.